The van der Waals surface area contributed by atoms with E-state index < -0.39 is 0 Å². The number of aliphatic hydroxyl groups is 1. The van der Waals surface area contributed by atoms with Crippen molar-refractivity contribution in [3.05, 3.63) is 34.8 Å². The van der Waals surface area contributed by atoms with E-state index in [1.807, 2.05) is 9.95 Å². The summed E-state index contributed by atoms with van der Waals surface area (Å²) >= 11 is 1.65. The highest BCUT2D eigenvalue weighted by Crippen LogP contribution is 2.07. The van der Waals surface area contributed by atoms with Gasteiger partial charge in [-0.1, -0.05) is 0 Å². The van der Waals surface area contributed by atoms with Gasteiger partial charge in [-0.15, -0.1) is 11.3 Å². The van der Waals surface area contributed by atoms with E-state index in [1.165, 1.54) is 0 Å². The largest absolute Gasteiger partial charge is 0.390 e. The van der Waals surface area contributed by atoms with Crippen molar-refractivity contribution < 1.29 is 5.11 Å². The maximum atomic E-state index is 8.99. The van der Waals surface area contributed by atoms with Crippen LogP contribution in [0.3, 0.4) is 0 Å². The van der Waals surface area contributed by atoms with Crippen LogP contribution in [0, 0.1) is 0 Å². The number of imidazole rings is 1. The Bertz CT molecular complexity index is 382. The smallest absolute Gasteiger partial charge is 0.0948 e. The molecule has 0 aliphatic carbocycles. The van der Waals surface area contributed by atoms with Gasteiger partial charge in [0.1, 0.15) is 0 Å². The van der Waals surface area contributed by atoms with Gasteiger partial charge in [-0.3, -0.25) is 0 Å². The van der Waals surface area contributed by atoms with Crippen LogP contribution < -0.4 is 0 Å². The van der Waals surface area contributed by atoms with E-state index in [1.54, 1.807) is 30.1 Å². The van der Waals surface area contributed by atoms with Crippen molar-refractivity contribution in [1.82, 2.24) is 14.5 Å². The molecule has 2 aromatic rings. The monoisotopic (exact) mass is 209 g/mol. The maximum absolute atomic E-state index is 8.99. The number of nitrogens with zero attached hydrogens (tertiary/aromatic N) is 3. The molecule has 0 bridgehead atoms. The molecule has 2 heterocycles. The summed E-state index contributed by atoms with van der Waals surface area (Å²) in [5.41, 5.74) is 0.849. The van der Waals surface area contributed by atoms with E-state index in [0.29, 0.717) is 0 Å². The van der Waals surface area contributed by atoms with Crippen molar-refractivity contribution in [1.29, 1.82) is 0 Å². The third-order valence-corrected chi connectivity index (χ3v) is 2.85. The minimum absolute atomic E-state index is 0.0396. The van der Waals surface area contributed by atoms with Gasteiger partial charge in [-0.2, -0.15) is 0 Å². The summed E-state index contributed by atoms with van der Waals surface area (Å²) in [6.07, 6.45) is 6.11. The van der Waals surface area contributed by atoms with Crippen LogP contribution in [-0.2, 0) is 19.6 Å². The standard InChI is InChI=1S/C9H11N3OS/c13-6-8-5-10-7-12(8)3-1-9-11-2-4-14-9/h2,4-5,7,13H,1,3,6H2. The van der Waals surface area contributed by atoms with Gasteiger partial charge in [-0.25, -0.2) is 9.97 Å². The number of aliphatic hydroxyl groups excluding tert-OH is 1. The first-order valence-corrected chi connectivity index (χ1v) is 5.26. The Hall–Kier alpha value is -1.20. The molecule has 0 radical (unpaired) electrons. The highest BCUT2D eigenvalue weighted by atomic mass is 32.1. The molecule has 2 rings (SSSR count). The van der Waals surface area contributed by atoms with Crippen LogP contribution >= 0.6 is 11.3 Å². The quantitative estimate of drug-likeness (QED) is 0.819. The molecule has 2 aromatic heterocycles. The lowest BCUT2D eigenvalue weighted by molar-refractivity contribution is 0.270. The van der Waals surface area contributed by atoms with Crippen molar-refractivity contribution in [2.75, 3.05) is 0 Å². The Labute approximate surface area is 85.9 Å². The lowest BCUT2D eigenvalue weighted by Gasteiger charge is -2.03. The Balaban J connectivity index is 1.98. The number of rotatable bonds is 4. The average Bonchev–Trinajstić information content (AvgIpc) is 2.85. The fraction of sp³-hybridized carbons (Fsp3) is 0.333. The molecular weight excluding hydrogens is 198 g/mol. The Morgan fingerprint density at radius 3 is 3.14 bits per heavy atom. The molecule has 14 heavy (non-hydrogen) atoms. The van der Waals surface area contributed by atoms with Crippen LogP contribution in [0.5, 0.6) is 0 Å². The van der Waals surface area contributed by atoms with Crippen molar-refractivity contribution in [2.45, 2.75) is 19.6 Å². The fourth-order valence-corrected chi connectivity index (χ4v) is 1.88. The molecule has 4 nitrogen and oxygen atoms in total. The summed E-state index contributed by atoms with van der Waals surface area (Å²) in [6.45, 7) is 0.862. The van der Waals surface area contributed by atoms with Crippen molar-refractivity contribution in [3.63, 3.8) is 0 Å². The molecule has 0 amide bonds. The Morgan fingerprint density at radius 2 is 2.43 bits per heavy atom. The third kappa shape index (κ3) is 2.00. The lowest BCUT2D eigenvalue weighted by Crippen LogP contribution is -2.04. The average molecular weight is 209 g/mol. The van der Waals surface area contributed by atoms with Gasteiger partial charge >= 0.3 is 0 Å². The Kier molecular flexibility index (Phi) is 2.90. The topological polar surface area (TPSA) is 50.9 Å². The van der Waals surface area contributed by atoms with Crippen LogP contribution in [0.2, 0.25) is 0 Å². The van der Waals surface area contributed by atoms with Gasteiger partial charge in [0.25, 0.3) is 0 Å². The van der Waals surface area contributed by atoms with E-state index in [0.717, 1.165) is 23.7 Å². The van der Waals surface area contributed by atoms with E-state index in [9.17, 15) is 0 Å². The van der Waals surface area contributed by atoms with E-state index >= 15 is 0 Å². The predicted molar refractivity (Wildman–Crippen MR) is 54.0 cm³/mol. The highest BCUT2D eigenvalue weighted by molar-refractivity contribution is 7.09. The molecule has 0 spiro atoms. The Morgan fingerprint density at radius 1 is 1.50 bits per heavy atom. The minimum atomic E-state index is 0.0396. The lowest BCUT2D eigenvalue weighted by atomic mass is 10.4. The second-order valence-corrected chi connectivity index (χ2v) is 3.89. The molecule has 0 fully saturated rings. The molecule has 0 aliphatic heterocycles. The molecule has 0 saturated heterocycles. The summed E-state index contributed by atoms with van der Waals surface area (Å²) < 4.78 is 1.95. The molecule has 0 unspecified atom stereocenters. The van der Waals surface area contributed by atoms with Gasteiger partial charge in [0.2, 0.25) is 0 Å². The normalized spacial score (nSPS) is 10.6. The summed E-state index contributed by atoms with van der Waals surface area (Å²) in [5.74, 6) is 0. The minimum Gasteiger partial charge on any atom is -0.390 e. The molecule has 0 aromatic carbocycles. The zero-order valence-corrected chi connectivity index (χ0v) is 8.44. The zero-order valence-electron chi connectivity index (χ0n) is 7.63. The number of aryl methyl sites for hydroxylation is 2. The first-order valence-electron chi connectivity index (χ1n) is 4.38. The summed E-state index contributed by atoms with van der Waals surface area (Å²) in [5, 5.41) is 12.1. The van der Waals surface area contributed by atoms with E-state index in [4.69, 9.17) is 5.11 Å². The van der Waals surface area contributed by atoms with Gasteiger partial charge in [0.05, 0.1) is 29.8 Å². The van der Waals surface area contributed by atoms with E-state index in [2.05, 4.69) is 9.97 Å². The van der Waals surface area contributed by atoms with Gasteiger partial charge in [0.15, 0.2) is 0 Å². The second kappa shape index (κ2) is 4.34. The number of thiazole rings is 1. The molecule has 1 N–H and O–H groups in total. The summed E-state index contributed by atoms with van der Waals surface area (Å²) in [4.78, 5) is 8.17. The summed E-state index contributed by atoms with van der Waals surface area (Å²) in [6, 6.07) is 0. The number of hydrogen-bond acceptors (Lipinski definition) is 4. The molecule has 74 valence electrons. The van der Waals surface area contributed by atoms with Crippen LogP contribution in [0.4, 0.5) is 0 Å². The SMILES string of the molecule is OCc1cncn1CCc1nccs1. The van der Waals surface area contributed by atoms with E-state index in [-0.39, 0.29) is 6.61 Å². The third-order valence-electron chi connectivity index (χ3n) is 2.01. The van der Waals surface area contributed by atoms with Crippen molar-refractivity contribution in [2.24, 2.45) is 0 Å². The number of aromatic nitrogens is 3. The molecular formula is C9H11N3OS. The van der Waals surface area contributed by atoms with Crippen LogP contribution in [-0.4, -0.2) is 19.6 Å². The van der Waals surface area contributed by atoms with Crippen LogP contribution in [0.1, 0.15) is 10.7 Å². The van der Waals surface area contributed by atoms with Crippen molar-refractivity contribution in [3.8, 4) is 0 Å². The molecule has 0 saturated carbocycles. The van der Waals surface area contributed by atoms with Gasteiger partial charge in [-0.05, 0) is 0 Å². The molecule has 5 heteroatoms. The maximum Gasteiger partial charge on any atom is 0.0948 e. The summed E-state index contributed by atoms with van der Waals surface area (Å²) in [7, 11) is 0. The number of hydrogen-bond donors (Lipinski definition) is 1. The molecule has 0 aliphatic rings. The first-order chi connectivity index (χ1) is 6.90. The molecule has 0 atom stereocenters. The fourth-order valence-electron chi connectivity index (χ4n) is 1.27. The second-order valence-electron chi connectivity index (χ2n) is 2.91. The zero-order chi connectivity index (χ0) is 9.80. The van der Waals surface area contributed by atoms with Crippen molar-refractivity contribution >= 4 is 11.3 Å². The van der Waals surface area contributed by atoms with Crippen LogP contribution in [0.25, 0.3) is 0 Å². The van der Waals surface area contributed by atoms with Gasteiger partial charge in [0, 0.05) is 24.5 Å². The first kappa shape index (κ1) is 9.36. The van der Waals surface area contributed by atoms with Crippen LogP contribution in [0.15, 0.2) is 24.1 Å². The van der Waals surface area contributed by atoms with Gasteiger partial charge < -0.3 is 9.67 Å². The highest BCUT2D eigenvalue weighted by Gasteiger charge is 2.01. The predicted octanol–water partition coefficient (Wildman–Crippen LogP) is 1.07.